The monoisotopic (exact) mass is 384 g/mol. The lowest BCUT2D eigenvalue weighted by Gasteiger charge is -2.34. The Morgan fingerprint density at radius 2 is 1.32 bits per heavy atom. The van der Waals surface area contributed by atoms with E-state index in [4.69, 9.17) is 23.2 Å². The lowest BCUT2D eigenvalue weighted by atomic mass is 10.2. The number of pyridine rings is 1. The minimum atomic E-state index is -0.493. The Morgan fingerprint density at radius 1 is 0.800 bits per heavy atom. The molecule has 0 aromatic carbocycles. The van der Waals surface area contributed by atoms with Crippen molar-refractivity contribution in [1.29, 1.82) is 0 Å². The highest BCUT2D eigenvalue weighted by atomic mass is 35.5. The normalized spacial score (nSPS) is 17.8. The zero-order chi connectivity index (χ0) is 18.0. The van der Waals surface area contributed by atoms with Crippen LogP contribution < -0.4 is 0 Å². The highest BCUT2D eigenvalue weighted by Gasteiger charge is 2.32. The fraction of sp³-hybridized carbons (Fsp3) is 0.500. The highest BCUT2D eigenvalue weighted by Crippen LogP contribution is 2.19. The van der Waals surface area contributed by atoms with Crippen molar-refractivity contribution in [2.24, 2.45) is 0 Å². The average molecular weight is 385 g/mol. The summed E-state index contributed by atoms with van der Waals surface area (Å²) in [6.45, 7) is 2.54. The van der Waals surface area contributed by atoms with Gasteiger partial charge in [-0.15, -0.1) is 0 Å². The predicted molar refractivity (Wildman–Crippen MR) is 92.6 cm³/mol. The summed E-state index contributed by atoms with van der Waals surface area (Å²) >= 11 is 11.8. The molecule has 1 aromatic rings. The SMILES string of the molecule is O=C(C(=O)N1CCN(C(=O)c2nc(Cl)ccc2Cl)CC1)N1CCCC1. The minimum absolute atomic E-state index is 0.0992. The van der Waals surface area contributed by atoms with Gasteiger partial charge in [-0.1, -0.05) is 23.2 Å². The van der Waals surface area contributed by atoms with Crippen LogP contribution in [0, 0.1) is 0 Å². The van der Waals surface area contributed by atoms with Crippen molar-refractivity contribution in [3.63, 3.8) is 0 Å². The first kappa shape index (κ1) is 17.9. The lowest BCUT2D eigenvalue weighted by Crippen LogP contribution is -2.54. The number of halogens is 2. The van der Waals surface area contributed by atoms with E-state index in [1.165, 1.54) is 17.0 Å². The maximum absolute atomic E-state index is 12.5. The van der Waals surface area contributed by atoms with E-state index < -0.39 is 11.8 Å². The third kappa shape index (κ3) is 3.88. The molecule has 2 saturated heterocycles. The molecular formula is C16H18Cl2N4O3. The van der Waals surface area contributed by atoms with E-state index in [0.29, 0.717) is 39.3 Å². The number of carbonyl (C=O) groups is 3. The maximum Gasteiger partial charge on any atom is 0.312 e. The molecule has 1 aromatic heterocycles. The van der Waals surface area contributed by atoms with Gasteiger partial charge >= 0.3 is 11.8 Å². The van der Waals surface area contributed by atoms with Crippen molar-refractivity contribution in [2.45, 2.75) is 12.8 Å². The van der Waals surface area contributed by atoms with Gasteiger partial charge in [0.2, 0.25) is 0 Å². The molecule has 2 aliphatic rings. The van der Waals surface area contributed by atoms with Crippen molar-refractivity contribution in [3.8, 4) is 0 Å². The van der Waals surface area contributed by atoms with E-state index >= 15 is 0 Å². The van der Waals surface area contributed by atoms with Crippen LogP contribution in [0.25, 0.3) is 0 Å². The van der Waals surface area contributed by atoms with Crippen molar-refractivity contribution in [1.82, 2.24) is 19.7 Å². The molecule has 3 heterocycles. The van der Waals surface area contributed by atoms with Crippen molar-refractivity contribution < 1.29 is 14.4 Å². The Bertz CT molecular complexity index is 699. The van der Waals surface area contributed by atoms with Crippen LogP contribution >= 0.6 is 23.2 Å². The smallest absolute Gasteiger partial charge is 0.312 e. The number of nitrogens with zero attached hydrogens (tertiary/aromatic N) is 4. The molecule has 3 amide bonds. The largest absolute Gasteiger partial charge is 0.334 e. The van der Waals surface area contributed by atoms with Gasteiger partial charge in [-0.25, -0.2) is 4.98 Å². The Kier molecular flexibility index (Phi) is 5.44. The second kappa shape index (κ2) is 7.58. The van der Waals surface area contributed by atoms with Crippen molar-refractivity contribution in [2.75, 3.05) is 39.3 Å². The van der Waals surface area contributed by atoms with Gasteiger partial charge in [-0.3, -0.25) is 14.4 Å². The standard InChI is InChI=1S/C16H18Cl2N4O3/c17-11-3-4-12(18)19-13(11)14(23)21-7-9-22(10-8-21)16(25)15(24)20-5-1-2-6-20/h3-4H,1-2,5-10H2. The summed E-state index contributed by atoms with van der Waals surface area (Å²) in [5.41, 5.74) is 0.0992. The summed E-state index contributed by atoms with van der Waals surface area (Å²) < 4.78 is 0. The number of piperazine rings is 1. The first-order valence-corrected chi connectivity index (χ1v) is 8.92. The van der Waals surface area contributed by atoms with Gasteiger partial charge in [0.25, 0.3) is 5.91 Å². The van der Waals surface area contributed by atoms with Crippen molar-refractivity contribution >= 4 is 40.9 Å². The van der Waals surface area contributed by atoms with Gasteiger partial charge in [0.15, 0.2) is 0 Å². The fourth-order valence-corrected chi connectivity index (χ4v) is 3.36. The first-order valence-electron chi connectivity index (χ1n) is 8.17. The van der Waals surface area contributed by atoms with E-state index in [9.17, 15) is 14.4 Å². The number of hydrogen-bond acceptors (Lipinski definition) is 4. The molecule has 25 heavy (non-hydrogen) atoms. The van der Waals surface area contributed by atoms with Crippen LogP contribution in [0.15, 0.2) is 12.1 Å². The molecule has 0 bridgehead atoms. The second-order valence-corrected chi connectivity index (χ2v) is 6.84. The molecule has 2 fully saturated rings. The number of hydrogen-bond donors (Lipinski definition) is 0. The van der Waals surface area contributed by atoms with E-state index in [1.807, 2.05) is 0 Å². The van der Waals surface area contributed by atoms with E-state index in [0.717, 1.165) is 12.8 Å². The Labute approximate surface area is 155 Å². The molecule has 2 aliphatic heterocycles. The molecule has 0 aliphatic carbocycles. The van der Waals surface area contributed by atoms with Crippen LogP contribution in [-0.2, 0) is 9.59 Å². The molecule has 0 saturated carbocycles. The summed E-state index contributed by atoms with van der Waals surface area (Å²) in [5, 5.41) is 0.426. The van der Waals surface area contributed by atoms with E-state index in [-0.39, 0.29) is 21.8 Å². The lowest BCUT2D eigenvalue weighted by molar-refractivity contribution is -0.152. The van der Waals surface area contributed by atoms with Crippen LogP contribution in [-0.4, -0.2) is 76.7 Å². The number of rotatable bonds is 1. The molecule has 0 radical (unpaired) electrons. The van der Waals surface area contributed by atoms with Crippen LogP contribution in [0.3, 0.4) is 0 Å². The molecule has 0 spiro atoms. The van der Waals surface area contributed by atoms with Gasteiger partial charge < -0.3 is 14.7 Å². The zero-order valence-electron chi connectivity index (χ0n) is 13.6. The molecule has 9 heteroatoms. The summed E-state index contributed by atoms with van der Waals surface area (Å²) in [4.78, 5) is 45.7. The molecule has 0 unspecified atom stereocenters. The van der Waals surface area contributed by atoms with Gasteiger partial charge in [0.05, 0.1) is 5.02 Å². The molecule has 0 N–H and O–H groups in total. The number of amides is 3. The van der Waals surface area contributed by atoms with Gasteiger partial charge in [-0.2, -0.15) is 0 Å². The summed E-state index contributed by atoms with van der Waals surface area (Å²) in [6.07, 6.45) is 1.88. The van der Waals surface area contributed by atoms with Gasteiger partial charge in [-0.05, 0) is 25.0 Å². The Balaban J connectivity index is 1.59. The van der Waals surface area contributed by atoms with Crippen LogP contribution in [0.4, 0.5) is 0 Å². The number of aromatic nitrogens is 1. The molecular weight excluding hydrogens is 367 g/mol. The average Bonchev–Trinajstić information content (AvgIpc) is 3.16. The van der Waals surface area contributed by atoms with Crippen LogP contribution in [0.1, 0.15) is 23.3 Å². The first-order chi connectivity index (χ1) is 12.0. The van der Waals surface area contributed by atoms with Crippen LogP contribution in [0.5, 0.6) is 0 Å². The molecule has 0 atom stereocenters. The highest BCUT2D eigenvalue weighted by molar-refractivity contribution is 6.35. The molecule has 3 rings (SSSR count). The summed E-state index contributed by atoms with van der Waals surface area (Å²) in [6, 6.07) is 3.04. The van der Waals surface area contributed by atoms with Crippen molar-refractivity contribution in [3.05, 3.63) is 28.0 Å². The third-order valence-corrected chi connectivity index (χ3v) is 4.96. The third-order valence-electron chi connectivity index (χ3n) is 4.44. The van der Waals surface area contributed by atoms with Gasteiger partial charge in [0.1, 0.15) is 10.8 Å². The van der Waals surface area contributed by atoms with E-state index in [1.54, 1.807) is 9.80 Å². The van der Waals surface area contributed by atoms with Gasteiger partial charge in [0, 0.05) is 39.3 Å². The van der Waals surface area contributed by atoms with E-state index in [2.05, 4.69) is 4.98 Å². The Morgan fingerprint density at radius 3 is 1.92 bits per heavy atom. The molecule has 134 valence electrons. The molecule has 7 nitrogen and oxygen atoms in total. The number of likely N-dealkylation sites (tertiary alicyclic amines) is 1. The number of carbonyl (C=O) groups excluding carboxylic acids is 3. The van der Waals surface area contributed by atoms with Crippen LogP contribution in [0.2, 0.25) is 10.2 Å². The quantitative estimate of drug-likeness (QED) is 0.540. The summed E-state index contributed by atoms with van der Waals surface area (Å²) in [7, 11) is 0. The predicted octanol–water partition coefficient (Wildman–Crippen LogP) is 1.30. The maximum atomic E-state index is 12.5. The zero-order valence-corrected chi connectivity index (χ0v) is 15.1. The summed E-state index contributed by atoms with van der Waals surface area (Å²) in [5.74, 6) is -1.27. The minimum Gasteiger partial charge on any atom is -0.334 e. The second-order valence-electron chi connectivity index (χ2n) is 6.05. The Hall–Kier alpha value is -1.86. The fourth-order valence-electron chi connectivity index (χ4n) is 3.02. The topological polar surface area (TPSA) is 73.8 Å².